The van der Waals surface area contributed by atoms with Gasteiger partial charge in [-0.25, -0.2) is 0 Å². The van der Waals surface area contributed by atoms with Gasteiger partial charge in [-0.1, -0.05) is 30.9 Å². The quantitative estimate of drug-likeness (QED) is 0.774. The Morgan fingerprint density at radius 2 is 2.06 bits per heavy atom. The van der Waals surface area contributed by atoms with Gasteiger partial charge in [-0.3, -0.25) is 4.79 Å². The maximum absolute atomic E-state index is 13.0. The lowest BCUT2D eigenvalue weighted by atomic mass is 9.92. The van der Waals surface area contributed by atoms with E-state index in [0.717, 1.165) is 13.2 Å². The van der Waals surface area contributed by atoms with E-state index in [0.29, 0.717) is 0 Å². The average Bonchev–Trinajstić information content (AvgIpc) is 2.34. The van der Waals surface area contributed by atoms with Gasteiger partial charge in [0.1, 0.15) is 0 Å². The monoisotopic (exact) mass is 258 g/mol. The Bertz CT molecular complexity index is 464. The number of hydrogen-bond donors (Lipinski definition) is 0. The van der Waals surface area contributed by atoms with E-state index in [9.17, 15) is 18.0 Å². The zero-order chi connectivity index (χ0) is 13.9. The summed E-state index contributed by atoms with van der Waals surface area (Å²) in [7, 11) is 1.14. The first-order valence-electron chi connectivity index (χ1n) is 5.23. The molecule has 0 amide bonds. The van der Waals surface area contributed by atoms with Gasteiger partial charge >= 0.3 is 12.1 Å². The number of halogens is 3. The molecular formula is C13H13F3O2. The number of hydrogen-bond acceptors (Lipinski definition) is 2. The van der Waals surface area contributed by atoms with Crippen molar-refractivity contribution in [1.82, 2.24) is 0 Å². The van der Waals surface area contributed by atoms with E-state index in [1.165, 1.54) is 25.1 Å². The van der Waals surface area contributed by atoms with Crippen LogP contribution in [0.5, 0.6) is 0 Å². The lowest BCUT2D eigenvalue weighted by Gasteiger charge is -2.19. The van der Waals surface area contributed by atoms with Crippen molar-refractivity contribution in [3.05, 3.63) is 41.5 Å². The van der Waals surface area contributed by atoms with Crippen LogP contribution in [0.4, 0.5) is 13.2 Å². The van der Waals surface area contributed by atoms with Crippen LogP contribution in [0.15, 0.2) is 24.8 Å². The van der Waals surface area contributed by atoms with E-state index in [2.05, 4.69) is 11.3 Å². The summed E-state index contributed by atoms with van der Waals surface area (Å²) in [5.74, 6) is -1.69. The molecule has 2 nitrogen and oxygen atoms in total. The fraction of sp³-hybridized carbons (Fsp3) is 0.308. The molecule has 0 spiro atoms. The summed E-state index contributed by atoms with van der Waals surface area (Å²) >= 11 is 0. The molecule has 0 bridgehead atoms. The summed E-state index contributed by atoms with van der Waals surface area (Å²) in [5.41, 5.74) is -0.986. The SMILES string of the molecule is C=Cc1cccc(C(C)C(=O)OC)c1C(F)(F)F. The second kappa shape index (κ2) is 5.25. The smallest absolute Gasteiger partial charge is 0.417 e. The van der Waals surface area contributed by atoms with E-state index in [-0.39, 0.29) is 11.1 Å². The Morgan fingerprint density at radius 3 is 2.50 bits per heavy atom. The Morgan fingerprint density at radius 1 is 1.44 bits per heavy atom. The molecule has 1 unspecified atom stereocenters. The number of methoxy groups -OCH3 is 1. The van der Waals surface area contributed by atoms with Crippen molar-refractivity contribution in [2.45, 2.75) is 19.0 Å². The number of carbonyl (C=O) groups excluding carboxylic acids is 1. The largest absolute Gasteiger partial charge is 0.469 e. The first kappa shape index (κ1) is 14.3. The molecule has 0 aromatic heterocycles. The predicted molar refractivity (Wildman–Crippen MR) is 62.0 cm³/mol. The zero-order valence-electron chi connectivity index (χ0n) is 10.0. The third-order valence-electron chi connectivity index (χ3n) is 2.65. The normalized spacial score (nSPS) is 12.9. The van der Waals surface area contributed by atoms with Gasteiger partial charge in [0.25, 0.3) is 0 Å². The molecule has 0 N–H and O–H groups in total. The molecule has 0 aliphatic heterocycles. The molecule has 0 saturated carbocycles. The van der Waals surface area contributed by atoms with Crippen molar-refractivity contribution in [2.75, 3.05) is 7.11 Å². The molecule has 0 heterocycles. The minimum atomic E-state index is -4.54. The van der Waals surface area contributed by atoms with Crippen molar-refractivity contribution in [3.8, 4) is 0 Å². The highest BCUT2D eigenvalue weighted by Gasteiger charge is 2.37. The fourth-order valence-corrected chi connectivity index (χ4v) is 1.75. The molecule has 1 aromatic rings. The van der Waals surface area contributed by atoms with E-state index in [1.807, 2.05) is 0 Å². The number of rotatable bonds is 3. The standard InChI is InChI=1S/C13H13F3O2/c1-4-9-6-5-7-10(8(2)12(17)18-3)11(9)13(14,15)16/h4-8H,1H2,2-3H3. The van der Waals surface area contributed by atoms with Gasteiger partial charge < -0.3 is 4.74 Å². The molecule has 1 atom stereocenters. The second-order valence-corrected chi connectivity index (χ2v) is 3.76. The molecule has 0 saturated heterocycles. The number of alkyl halides is 3. The zero-order valence-corrected chi connectivity index (χ0v) is 10.0. The van der Waals surface area contributed by atoms with E-state index >= 15 is 0 Å². The summed E-state index contributed by atoms with van der Waals surface area (Å²) in [6, 6.07) is 4.04. The summed E-state index contributed by atoms with van der Waals surface area (Å²) in [6.45, 7) is 4.73. The van der Waals surface area contributed by atoms with E-state index < -0.39 is 23.6 Å². The van der Waals surface area contributed by atoms with Crippen LogP contribution in [-0.2, 0) is 15.7 Å². The summed E-state index contributed by atoms with van der Waals surface area (Å²) in [6.07, 6.45) is -3.42. The van der Waals surface area contributed by atoms with Crippen LogP contribution < -0.4 is 0 Å². The molecule has 1 aromatic carbocycles. The highest BCUT2D eigenvalue weighted by molar-refractivity contribution is 5.79. The van der Waals surface area contributed by atoms with Gasteiger partial charge in [0.05, 0.1) is 18.6 Å². The van der Waals surface area contributed by atoms with Crippen molar-refractivity contribution in [1.29, 1.82) is 0 Å². The first-order chi connectivity index (χ1) is 8.32. The molecule has 5 heteroatoms. The molecule has 0 fully saturated rings. The lowest BCUT2D eigenvalue weighted by Crippen LogP contribution is -2.18. The first-order valence-corrected chi connectivity index (χ1v) is 5.23. The van der Waals surface area contributed by atoms with Gasteiger partial charge in [-0.15, -0.1) is 0 Å². The number of esters is 1. The Labute approximate surface area is 103 Å². The van der Waals surface area contributed by atoms with Gasteiger partial charge in [0.2, 0.25) is 0 Å². The molecular weight excluding hydrogens is 245 g/mol. The van der Waals surface area contributed by atoms with Gasteiger partial charge in [-0.2, -0.15) is 13.2 Å². The minimum absolute atomic E-state index is 0.0456. The predicted octanol–water partition coefficient (Wildman–Crippen LogP) is 3.62. The van der Waals surface area contributed by atoms with E-state index in [1.54, 1.807) is 0 Å². The van der Waals surface area contributed by atoms with Crippen LogP contribution in [0.1, 0.15) is 29.5 Å². The molecule has 1 rings (SSSR count). The third kappa shape index (κ3) is 2.72. The van der Waals surface area contributed by atoms with Crippen molar-refractivity contribution < 1.29 is 22.7 Å². The van der Waals surface area contributed by atoms with Crippen molar-refractivity contribution in [3.63, 3.8) is 0 Å². The highest BCUT2D eigenvalue weighted by Crippen LogP contribution is 2.38. The van der Waals surface area contributed by atoms with Crippen LogP contribution in [0, 0.1) is 0 Å². The maximum atomic E-state index is 13.0. The number of carbonyl (C=O) groups is 1. The Kier molecular flexibility index (Phi) is 4.16. The van der Waals surface area contributed by atoms with Gasteiger partial charge in [0, 0.05) is 0 Å². The lowest BCUT2D eigenvalue weighted by molar-refractivity contribution is -0.143. The maximum Gasteiger partial charge on any atom is 0.417 e. The summed E-state index contributed by atoms with van der Waals surface area (Å²) < 4.78 is 43.5. The molecule has 0 aliphatic carbocycles. The van der Waals surface area contributed by atoms with E-state index in [4.69, 9.17) is 0 Å². The summed E-state index contributed by atoms with van der Waals surface area (Å²) in [5, 5.41) is 0. The second-order valence-electron chi connectivity index (χ2n) is 3.76. The number of ether oxygens (including phenoxy) is 1. The Hall–Kier alpha value is -1.78. The van der Waals surface area contributed by atoms with Crippen molar-refractivity contribution >= 4 is 12.0 Å². The molecule has 18 heavy (non-hydrogen) atoms. The Balaban J connectivity index is 3.44. The third-order valence-corrected chi connectivity index (χ3v) is 2.65. The number of benzene rings is 1. The molecule has 0 aliphatic rings. The van der Waals surface area contributed by atoms with Crippen LogP contribution >= 0.6 is 0 Å². The molecule has 98 valence electrons. The van der Waals surface area contributed by atoms with Crippen LogP contribution in [0.3, 0.4) is 0 Å². The van der Waals surface area contributed by atoms with Crippen LogP contribution in [0.25, 0.3) is 6.08 Å². The van der Waals surface area contributed by atoms with Crippen LogP contribution in [0.2, 0.25) is 0 Å². The van der Waals surface area contributed by atoms with Crippen molar-refractivity contribution in [2.24, 2.45) is 0 Å². The molecule has 0 radical (unpaired) electrons. The topological polar surface area (TPSA) is 26.3 Å². The van der Waals surface area contributed by atoms with Gasteiger partial charge in [0.15, 0.2) is 0 Å². The average molecular weight is 258 g/mol. The summed E-state index contributed by atoms with van der Waals surface area (Å²) in [4.78, 5) is 11.4. The van der Waals surface area contributed by atoms with Gasteiger partial charge in [-0.05, 0) is 18.1 Å². The minimum Gasteiger partial charge on any atom is -0.469 e. The fourth-order valence-electron chi connectivity index (χ4n) is 1.75. The highest BCUT2D eigenvalue weighted by atomic mass is 19.4. The van der Waals surface area contributed by atoms with Crippen LogP contribution in [-0.4, -0.2) is 13.1 Å².